The van der Waals surface area contributed by atoms with Crippen LogP contribution in [0.2, 0.25) is 0 Å². The monoisotopic (exact) mass is 351 g/mol. The Morgan fingerprint density at radius 1 is 1.24 bits per heavy atom. The lowest BCUT2D eigenvalue weighted by molar-refractivity contribution is 0.0610. The molecule has 0 bridgehead atoms. The molecule has 1 fully saturated rings. The van der Waals surface area contributed by atoms with E-state index in [4.69, 9.17) is 0 Å². The average molecular weight is 352 g/mol. The highest BCUT2D eigenvalue weighted by molar-refractivity contribution is 9.09. The maximum atomic E-state index is 12.8. The van der Waals surface area contributed by atoms with Crippen LogP contribution in [0.25, 0.3) is 0 Å². The summed E-state index contributed by atoms with van der Waals surface area (Å²) in [4.78, 5) is 14.8. The van der Waals surface area contributed by atoms with E-state index >= 15 is 0 Å². The van der Waals surface area contributed by atoms with Crippen molar-refractivity contribution < 1.29 is 4.79 Å². The van der Waals surface area contributed by atoms with Crippen molar-refractivity contribution in [3.05, 3.63) is 35.4 Å². The van der Waals surface area contributed by atoms with Crippen molar-refractivity contribution in [1.82, 2.24) is 4.90 Å². The molecule has 21 heavy (non-hydrogen) atoms. The van der Waals surface area contributed by atoms with Gasteiger partial charge in [-0.15, -0.1) is 0 Å². The number of nitrogens with zero attached hydrogens (tertiary/aromatic N) is 1. The van der Waals surface area contributed by atoms with Crippen molar-refractivity contribution in [2.75, 3.05) is 11.9 Å². The second-order valence-corrected chi connectivity index (χ2v) is 7.75. The van der Waals surface area contributed by atoms with Gasteiger partial charge in [0.2, 0.25) is 0 Å². The molecule has 1 saturated heterocycles. The minimum Gasteiger partial charge on any atom is -0.336 e. The number of hydrogen-bond donors (Lipinski definition) is 0. The Hall–Kier alpha value is -0.830. The molecule has 0 N–H and O–H groups in total. The zero-order valence-electron chi connectivity index (χ0n) is 13.4. The standard InChI is InChI=1S/C18H26BrNO/c1-18(2,3)15-9-7-14(8-10-15)17(21)20-13-5-4-6-16(20)11-12-19/h7-10,16H,4-6,11-13H2,1-3H3. The number of benzene rings is 1. The van der Waals surface area contributed by atoms with Crippen molar-refractivity contribution in [2.45, 2.75) is 57.9 Å². The average Bonchev–Trinajstić information content (AvgIpc) is 2.47. The number of carbonyl (C=O) groups is 1. The number of rotatable bonds is 3. The summed E-state index contributed by atoms with van der Waals surface area (Å²) < 4.78 is 0. The Balaban J connectivity index is 2.14. The molecular weight excluding hydrogens is 326 g/mol. The highest BCUT2D eigenvalue weighted by Gasteiger charge is 2.27. The van der Waals surface area contributed by atoms with E-state index in [1.807, 2.05) is 12.1 Å². The summed E-state index contributed by atoms with van der Waals surface area (Å²) in [5, 5.41) is 0.963. The third kappa shape index (κ3) is 4.09. The van der Waals surface area contributed by atoms with Crippen molar-refractivity contribution in [3.63, 3.8) is 0 Å². The molecule has 2 rings (SSSR count). The van der Waals surface area contributed by atoms with Crippen LogP contribution in [-0.2, 0) is 5.41 Å². The smallest absolute Gasteiger partial charge is 0.254 e. The second kappa shape index (κ2) is 6.95. The number of carbonyl (C=O) groups excluding carboxylic acids is 1. The van der Waals surface area contributed by atoms with Crippen molar-refractivity contribution in [3.8, 4) is 0 Å². The van der Waals surface area contributed by atoms with Crippen LogP contribution in [0.1, 0.15) is 62.4 Å². The Morgan fingerprint density at radius 2 is 1.90 bits per heavy atom. The SMILES string of the molecule is CC(C)(C)c1ccc(C(=O)N2CCCCC2CCBr)cc1. The zero-order chi connectivity index (χ0) is 15.5. The van der Waals surface area contributed by atoms with E-state index in [0.717, 1.165) is 36.7 Å². The Bertz CT molecular complexity index is 473. The van der Waals surface area contributed by atoms with Gasteiger partial charge in [-0.05, 0) is 48.8 Å². The van der Waals surface area contributed by atoms with Crippen LogP contribution in [0.5, 0.6) is 0 Å². The molecule has 0 aliphatic carbocycles. The van der Waals surface area contributed by atoms with Crippen LogP contribution in [-0.4, -0.2) is 28.7 Å². The molecule has 1 aliphatic rings. The number of likely N-dealkylation sites (tertiary alicyclic amines) is 1. The lowest BCUT2D eigenvalue weighted by Gasteiger charge is -2.35. The summed E-state index contributed by atoms with van der Waals surface area (Å²) in [6, 6.07) is 8.56. The molecule has 2 nitrogen and oxygen atoms in total. The molecule has 1 amide bonds. The fraction of sp³-hybridized carbons (Fsp3) is 0.611. The fourth-order valence-electron chi connectivity index (χ4n) is 2.97. The molecule has 0 radical (unpaired) electrons. The lowest BCUT2D eigenvalue weighted by atomic mass is 9.86. The Kier molecular flexibility index (Phi) is 5.48. The number of hydrogen-bond acceptors (Lipinski definition) is 1. The molecule has 3 heteroatoms. The minimum atomic E-state index is 0.130. The number of amides is 1. The van der Waals surface area contributed by atoms with E-state index in [9.17, 15) is 4.79 Å². The van der Waals surface area contributed by atoms with Crippen LogP contribution in [0.15, 0.2) is 24.3 Å². The van der Waals surface area contributed by atoms with E-state index in [2.05, 4.69) is 53.7 Å². The first-order chi connectivity index (χ1) is 9.93. The van der Waals surface area contributed by atoms with Gasteiger partial charge in [0.25, 0.3) is 5.91 Å². The van der Waals surface area contributed by atoms with Gasteiger partial charge in [-0.3, -0.25) is 4.79 Å². The summed E-state index contributed by atoms with van der Waals surface area (Å²) in [7, 11) is 0. The van der Waals surface area contributed by atoms with Gasteiger partial charge in [-0.1, -0.05) is 48.8 Å². The fourth-order valence-corrected chi connectivity index (χ4v) is 3.50. The lowest BCUT2D eigenvalue weighted by Crippen LogP contribution is -2.43. The summed E-state index contributed by atoms with van der Waals surface area (Å²) in [6.45, 7) is 7.49. The van der Waals surface area contributed by atoms with E-state index < -0.39 is 0 Å². The van der Waals surface area contributed by atoms with Gasteiger partial charge in [-0.2, -0.15) is 0 Å². The highest BCUT2D eigenvalue weighted by Crippen LogP contribution is 2.25. The van der Waals surface area contributed by atoms with Gasteiger partial charge < -0.3 is 4.90 Å². The highest BCUT2D eigenvalue weighted by atomic mass is 79.9. The Morgan fingerprint density at radius 3 is 2.48 bits per heavy atom. The molecule has 1 unspecified atom stereocenters. The van der Waals surface area contributed by atoms with Crippen molar-refractivity contribution >= 4 is 21.8 Å². The number of halogens is 1. The third-order valence-corrected chi connectivity index (χ3v) is 4.79. The molecule has 1 aliphatic heterocycles. The first-order valence-corrected chi connectivity index (χ1v) is 9.03. The van der Waals surface area contributed by atoms with Crippen LogP contribution in [0.4, 0.5) is 0 Å². The summed E-state index contributed by atoms with van der Waals surface area (Å²) >= 11 is 3.51. The topological polar surface area (TPSA) is 20.3 Å². The predicted molar refractivity (Wildman–Crippen MR) is 92.2 cm³/mol. The van der Waals surface area contributed by atoms with Gasteiger partial charge in [0.05, 0.1) is 0 Å². The Labute approximate surface area is 137 Å². The molecule has 116 valence electrons. The summed E-state index contributed by atoms with van der Waals surface area (Å²) in [5.74, 6) is 0.195. The van der Waals surface area contributed by atoms with Gasteiger partial charge in [0.1, 0.15) is 0 Å². The van der Waals surface area contributed by atoms with Crippen LogP contribution in [0, 0.1) is 0 Å². The van der Waals surface area contributed by atoms with Crippen LogP contribution < -0.4 is 0 Å². The molecule has 0 spiro atoms. The maximum absolute atomic E-state index is 12.8. The maximum Gasteiger partial charge on any atom is 0.254 e. The minimum absolute atomic E-state index is 0.130. The van der Waals surface area contributed by atoms with Crippen LogP contribution in [0.3, 0.4) is 0 Å². The van der Waals surface area contributed by atoms with Gasteiger partial charge in [0, 0.05) is 23.5 Å². The van der Waals surface area contributed by atoms with E-state index in [1.54, 1.807) is 0 Å². The molecular formula is C18H26BrNO. The molecule has 1 aromatic carbocycles. The van der Waals surface area contributed by atoms with E-state index in [0.29, 0.717) is 6.04 Å². The normalized spacial score (nSPS) is 19.6. The first-order valence-electron chi connectivity index (χ1n) is 7.91. The molecule has 1 atom stereocenters. The third-order valence-electron chi connectivity index (χ3n) is 4.33. The second-order valence-electron chi connectivity index (χ2n) is 6.95. The largest absolute Gasteiger partial charge is 0.336 e. The number of piperidine rings is 1. The van der Waals surface area contributed by atoms with Crippen molar-refractivity contribution in [1.29, 1.82) is 0 Å². The first kappa shape index (κ1) is 16.5. The molecule has 1 aromatic rings. The predicted octanol–water partition coefficient (Wildman–Crippen LogP) is 4.76. The quantitative estimate of drug-likeness (QED) is 0.718. The molecule has 1 heterocycles. The summed E-state index contributed by atoms with van der Waals surface area (Å²) in [5.41, 5.74) is 2.23. The van der Waals surface area contributed by atoms with Gasteiger partial charge in [0.15, 0.2) is 0 Å². The van der Waals surface area contributed by atoms with Gasteiger partial charge >= 0.3 is 0 Å². The van der Waals surface area contributed by atoms with E-state index in [-0.39, 0.29) is 11.3 Å². The van der Waals surface area contributed by atoms with E-state index in [1.165, 1.54) is 12.0 Å². The molecule has 0 aromatic heterocycles. The number of alkyl halides is 1. The van der Waals surface area contributed by atoms with Gasteiger partial charge in [-0.25, -0.2) is 0 Å². The summed E-state index contributed by atoms with van der Waals surface area (Å²) in [6.07, 6.45) is 4.55. The molecule has 0 saturated carbocycles. The zero-order valence-corrected chi connectivity index (χ0v) is 14.9. The van der Waals surface area contributed by atoms with Crippen molar-refractivity contribution in [2.24, 2.45) is 0 Å². The van der Waals surface area contributed by atoms with Crippen LogP contribution >= 0.6 is 15.9 Å².